The number of hydrogen-bond acceptors (Lipinski definition) is 3. The molecule has 18 heavy (non-hydrogen) atoms. The zero-order valence-electron chi connectivity index (χ0n) is 8.55. The Labute approximate surface area is 97.5 Å². The fraction of sp³-hybridized carbons (Fsp3) is 0.222. The summed E-state index contributed by atoms with van der Waals surface area (Å²) in [7, 11) is 0. The van der Waals surface area contributed by atoms with Crippen molar-refractivity contribution in [2.45, 2.75) is 12.4 Å². The maximum Gasteiger partial charge on any atom is 0.540 e. The van der Waals surface area contributed by atoms with Crippen molar-refractivity contribution in [3.63, 3.8) is 0 Å². The highest BCUT2D eigenvalue weighted by Gasteiger charge is 2.55. The summed E-state index contributed by atoms with van der Waals surface area (Å²) in [6.45, 7) is 0. The second-order valence-electron chi connectivity index (χ2n) is 3.35. The first-order valence-electron chi connectivity index (χ1n) is 4.56. The molecule has 1 aromatic carbocycles. The average Bonchev–Trinajstić information content (AvgIpc) is 2.11. The third-order valence-electron chi connectivity index (χ3n) is 2.05. The van der Waals surface area contributed by atoms with E-state index in [1.165, 1.54) is 0 Å². The molecular formula is C9H6F4N2O3. The molecular weight excluding hydrogens is 260 g/mol. The maximum absolute atomic E-state index is 13.4. The van der Waals surface area contributed by atoms with Crippen molar-refractivity contribution in [2.24, 2.45) is 5.73 Å². The zero-order valence-corrected chi connectivity index (χ0v) is 8.55. The summed E-state index contributed by atoms with van der Waals surface area (Å²) in [6, 6.07) is 1.96. The molecule has 1 aliphatic rings. The minimum atomic E-state index is -4.46. The second-order valence-corrected chi connectivity index (χ2v) is 3.35. The molecule has 9 heteroatoms. The molecule has 1 aliphatic heterocycles. The molecule has 0 saturated carbocycles. The first-order chi connectivity index (χ1) is 8.21. The number of benzene rings is 1. The highest BCUT2D eigenvalue weighted by Crippen LogP contribution is 2.49. The first kappa shape index (κ1) is 12.4. The van der Waals surface area contributed by atoms with Crippen molar-refractivity contribution in [2.75, 3.05) is 5.32 Å². The van der Waals surface area contributed by atoms with Gasteiger partial charge in [-0.25, -0.2) is 9.53 Å². The minimum absolute atomic E-state index is 0.472. The number of amides is 2. The third kappa shape index (κ3) is 2.16. The summed E-state index contributed by atoms with van der Waals surface area (Å²) in [4.78, 5) is 10.6. The van der Waals surface area contributed by atoms with E-state index >= 15 is 0 Å². The largest absolute Gasteiger partial charge is 0.540 e. The van der Waals surface area contributed by atoms with Gasteiger partial charge in [0.2, 0.25) is 0 Å². The normalized spacial score (nSPS) is 19.6. The van der Waals surface area contributed by atoms with E-state index in [4.69, 9.17) is 5.73 Å². The molecule has 0 saturated heterocycles. The third-order valence-corrected chi connectivity index (χ3v) is 2.05. The summed E-state index contributed by atoms with van der Waals surface area (Å²) in [5.41, 5.74) is 3.28. The number of ether oxygens (including phenoxy) is 2. The summed E-state index contributed by atoms with van der Waals surface area (Å²) in [5, 5.41) is 1.87. The smallest absolute Gasteiger partial charge is 0.409 e. The van der Waals surface area contributed by atoms with Crippen LogP contribution in [-0.2, 0) is 10.8 Å². The molecule has 5 nitrogen and oxygen atoms in total. The van der Waals surface area contributed by atoms with E-state index in [1.54, 1.807) is 0 Å². The molecule has 1 aromatic rings. The number of anilines is 1. The summed E-state index contributed by atoms with van der Waals surface area (Å²) in [6.07, 6.45) is -8.78. The van der Waals surface area contributed by atoms with Crippen LogP contribution in [0.25, 0.3) is 0 Å². The van der Waals surface area contributed by atoms with Crippen molar-refractivity contribution in [1.82, 2.24) is 0 Å². The molecule has 0 bridgehead atoms. The predicted octanol–water partition coefficient (Wildman–Crippen LogP) is 2.19. The monoisotopic (exact) mass is 266 g/mol. The number of rotatable bonds is 1. The Bertz CT molecular complexity index is 507. The van der Waals surface area contributed by atoms with E-state index in [2.05, 4.69) is 9.47 Å². The molecule has 2 amide bonds. The fourth-order valence-corrected chi connectivity index (χ4v) is 1.50. The zero-order chi connectivity index (χ0) is 13.6. The second kappa shape index (κ2) is 3.73. The van der Waals surface area contributed by atoms with E-state index < -0.39 is 35.4 Å². The lowest BCUT2D eigenvalue weighted by Crippen LogP contribution is -2.41. The number of carbonyl (C=O) groups is 1. The lowest BCUT2D eigenvalue weighted by atomic mass is 10.1. The molecule has 0 unspecified atom stereocenters. The van der Waals surface area contributed by atoms with Crippen LogP contribution in [0.1, 0.15) is 5.56 Å². The number of carbonyl (C=O) groups excluding carboxylic acids is 1. The molecule has 1 heterocycles. The molecule has 0 fully saturated rings. The van der Waals surface area contributed by atoms with Crippen LogP contribution >= 0.6 is 0 Å². The van der Waals surface area contributed by atoms with Crippen molar-refractivity contribution >= 4 is 11.7 Å². The molecule has 3 N–H and O–H groups in total. The Morgan fingerprint density at radius 3 is 2.56 bits per heavy atom. The SMILES string of the molecule is NC(=O)Nc1cccc2c1C(F)(F)OC(F)(F)O2. The molecule has 2 rings (SSSR count). The Morgan fingerprint density at radius 1 is 1.28 bits per heavy atom. The lowest BCUT2D eigenvalue weighted by molar-refractivity contribution is -0.461. The molecule has 0 atom stereocenters. The van der Waals surface area contributed by atoms with Crippen LogP contribution in [0, 0.1) is 0 Å². The van der Waals surface area contributed by atoms with E-state index in [0.717, 1.165) is 18.2 Å². The average molecular weight is 266 g/mol. The van der Waals surface area contributed by atoms with Gasteiger partial charge >= 0.3 is 18.4 Å². The van der Waals surface area contributed by atoms with Crippen LogP contribution in [-0.4, -0.2) is 12.3 Å². The Morgan fingerprint density at radius 2 is 1.94 bits per heavy atom. The number of halogens is 4. The van der Waals surface area contributed by atoms with Crippen molar-refractivity contribution in [1.29, 1.82) is 0 Å². The number of urea groups is 1. The van der Waals surface area contributed by atoms with Gasteiger partial charge in [0.25, 0.3) is 0 Å². The maximum atomic E-state index is 13.4. The number of primary amides is 1. The molecule has 0 radical (unpaired) electrons. The van der Waals surface area contributed by atoms with Crippen LogP contribution in [0.4, 0.5) is 28.0 Å². The van der Waals surface area contributed by atoms with Gasteiger partial charge < -0.3 is 15.8 Å². The molecule has 0 aliphatic carbocycles. The van der Waals surface area contributed by atoms with Crippen LogP contribution in [0.2, 0.25) is 0 Å². The van der Waals surface area contributed by atoms with Gasteiger partial charge in [0.05, 0.1) is 5.69 Å². The van der Waals surface area contributed by atoms with Gasteiger partial charge in [-0.2, -0.15) is 8.78 Å². The molecule has 98 valence electrons. The summed E-state index contributed by atoms with van der Waals surface area (Å²) >= 11 is 0. The van der Waals surface area contributed by atoms with Crippen molar-refractivity contribution < 1.29 is 31.8 Å². The summed E-state index contributed by atoms with van der Waals surface area (Å²) in [5.74, 6) is -0.803. The van der Waals surface area contributed by atoms with Crippen molar-refractivity contribution in [3.05, 3.63) is 23.8 Å². The van der Waals surface area contributed by atoms with E-state index in [0.29, 0.717) is 0 Å². The van der Waals surface area contributed by atoms with E-state index in [-0.39, 0.29) is 0 Å². The quantitative estimate of drug-likeness (QED) is 0.765. The minimum Gasteiger partial charge on any atom is -0.409 e. The van der Waals surface area contributed by atoms with Gasteiger partial charge in [-0.15, -0.1) is 8.78 Å². The van der Waals surface area contributed by atoms with Crippen LogP contribution in [0.5, 0.6) is 5.75 Å². The predicted molar refractivity (Wildman–Crippen MR) is 50.2 cm³/mol. The van der Waals surface area contributed by atoms with Gasteiger partial charge in [-0.3, -0.25) is 0 Å². The Hall–Kier alpha value is -2.03. The number of alkyl halides is 4. The topological polar surface area (TPSA) is 73.6 Å². The van der Waals surface area contributed by atoms with Gasteiger partial charge in [-0.1, -0.05) is 6.07 Å². The number of nitrogens with one attached hydrogen (secondary N) is 1. The molecule has 0 aromatic heterocycles. The highest BCUT2D eigenvalue weighted by molar-refractivity contribution is 5.89. The Kier molecular flexibility index (Phi) is 2.58. The van der Waals surface area contributed by atoms with E-state index in [1.807, 2.05) is 5.32 Å². The van der Waals surface area contributed by atoms with Gasteiger partial charge in [0, 0.05) is 0 Å². The van der Waals surface area contributed by atoms with Gasteiger partial charge in [0.15, 0.2) is 0 Å². The lowest BCUT2D eigenvalue weighted by Gasteiger charge is -2.31. The van der Waals surface area contributed by atoms with Crippen molar-refractivity contribution in [3.8, 4) is 5.75 Å². The number of fused-ring (bicyclic) bond motifs is 1. The van der Waals surface area contributed by atoms with Gasteiger partial charge in [-0.05, 0) is 12.1 Å². The first-order valence-corrected chi connectivity index (χ1v) is 4.56. The Balaban J connectivity index is 2.55. The number of nitrogens with two attached hydrogens (primary N) is 1. The van der Waals surface area contributed by atoms with Crippen LogP contribution in [0.3, 0.4) is 0 Å². The molecule has 0 spiro atoms. The summed E-state index contributed by atoms with van der Waals surface area (Å²) < 4.78 is 59.5. The fourth-order valence-electron chi connectivity index (χ4n) is 1.50. The van der Waals surface area contributed by atoms with Crippen LogP contribution in [0.15, 0.2) is 18.2 Å². The number of hydrogen-bond donors (Lipinski definition) is 2. The highest BCUT2D eigenvalue weighted by atomic mass is 19.3. The van der Waals surface area contributed by atoms with E-state index in [9.17, 15) is 22.4 Å². The standard InChI is InChI=1S/C9H6F4N2O3/c10-8(11)6-4(15-7(14)16)2-1-3-5(6)17-9(12,13)18-8/h1-3H,(H3,14,15,16). The van der Waals surface area contributed by atoms with Crippen LogP contribution < -0.4 is 15.8 Å². The van der Waals surface area contributed by atoms with Gasteiger partial charge in [0.1, 0.15) is 11.3 Å².